The molecule has 1 unspecified atom stereocenters. The van der Waals surface area contributed by atoms with Crippen LogP contribution >= 0.6 is 7.37 Å². The molecule has 0 aromatic rings. The lowest BCUT2D eigenvalue weighted by atomic mass is 10.4. The zero-order valence-corrected chi connectivity index (χ0v) is 10.5. The molecule has 90 valence electrons. The van der Waals surface area contributed by atoms with E-state index in [1.54, 1.807) is 13.6 Å². The lowest BCUT2D eigenvalue weighted by molar-refractivity contribution is -0.137. The SMILES string of the molecule is CCOP(C)(=O)CN(CC)CCC(=O)O. The average Bonchev–Trinajstić information content (AvgIpc) is 2.11. The molecule has 0 aromatic carbocycles. The summed E-state index contributed by atoms with van der Waals surface area (Å²) in [5.41, 5.74) is 0. The average molecular weight is 237 g/mol. The van der Waals surface area contributed by atoms with Gasteiger partial charge in [0.25, 0.3) is 0 Å². The minimum absolute atomic E-state index is 0.0694. The molecule has 1 N–H and O–H groups in total. The summed E-state index contributed by atoms with van der Waals surface area (Å²) in [5.74, 6) is -0.837. The van der Waals surface area contributed by atoms with Gasteiger partial charge in [-0.15, -0.1) is 0 Å². The van der Waals surface area contributed by atoms with Gasteiger partial charge in [0.05, 0.1) is 19.3 Å². The number of rotatable bonds is 8. The van der Waals surface area contributed by atoms with Crippen LogP contribution in [0, 0.1) is 0 Å². The second kappa shape index (κ2) is 6.99. The summed E-state index contributed by atoms with van der Waals surface area (Å²) >= 11 is 0. The molecule has 0 fully saturated rings. The fraction of sp³-hybridized carbons (Fsp3) is 0.889. The van der Waals surface area contributed by atoms with Gasteiger partial charge < -0.3 is 9.63 Å². The molecule has 0 saturated carbocycles. The summed E-state index contributed by atoms with van der Waals surface area (Å²) < 4.78 is 17.0. The molecule has 0 bridgehead atoms. The first-order chi connectivity index (χ1) is 6.91. The van der Waals surface area contributed by atoms with Gasteiger partial charge in [0, 0.05) is 13.2 Å². The van der Waals surface area contributed by atoms with Crippen LogP contribution in [0.1, 0.15) is 20.3 Å². The minimum atomic E-state index is -2.59. The maximum absolute atomic E-state index is 11.8. The molecule has 0 rings (SSSR count). The van der Waals surface area contributed by atoms with E-state index in [1.807, 2.05) is 11.8 Å². The number of carbonyl (C=O) groups is 1. The highest BCUT2D eigenvalue weighted by Crippen LogP contribution is 2.42. The molecule has 0 aliphatic heterocycles. The van der Waals surface area contributed by atoms with Gasteiger partial charge >= 0.3 is 5.97 Å². The number of carboxylic acid groups (broad SMARTS) is 1. The van der Waals surface area contributed by atoms with Crippen molar-refractivity contribution in [2.45, 2.75) is 20.3 Å². The largest absolute Gasteiger partial charge is 0.481 e. The van der Waals surface area contributed by atoms with Crippen LogP contribution < -0.4 is 0 Å². The first kappa shape index (κ1) is 14.6. The Kier molecular flexibility index (Phi) is 6.81. The molecule has 15 heavy (non-hydrogen) atoms. The zero-order chi connectivity index (χ0) is 11.9. The number of hydrogen-bond donors (Lipinski definition) is 1. The number of nitrogens with zero attached hydrogens (tertiary/aromatic N) is 1. The number of carboxylic acids is 1. The maximum atomic E-state index is 11.8. The number of hydrogen-bond acceptors (Lipinski definition) is 4. The highest BCUT2D eigenvalue weighted by Gasteiger charge is 2.19. The second-order valence-electron chi connectivity index (χ2n) is 3.43. The molecule has 0 heterocycles. The zero-order valence-electron chi connectivity index (χ0n) is 9.60. The molecular weight excluding hydrogens is 217 g/mol. The Hall–Kier alpha value is -0.380. The fourth-order valence-corrected chi connectivity index (χ4v) is 2.96. The van der Waals surface area contributed by atoms with Gasteiger partial charge in [0.2, 0.25) is 7.37 Å². The second-order valence-corrected chi connectivity index (χ2v) is 6.00. The first-order valence-corrected chi connectivity index (χ1v) is 7.32. The Labute approximate surface area is 90.9 Å². The Morgan fingerprint density at radius 3 is 2.47 bits per heavy atom. The maximum Gasteiger partial charge on any atom is 0.304 e. The highest BCUT2D eigenvalue weighted by molar-refractivity contribution is 7.58. The standard InChI is InChI=1S/C9H20NO4P/c1-4-10(7-6-9(11)12)8-15(3,13)14-5-2/h4-8H2,1-3H3,(H,11,12). The van der Waals surface area contributed by atoms with Crippen LogP contribution in [0.2, 0.25) is 0 Å². The molecule has 0 saturated heterocycles. The van der Waals surface area contributed by atoms with Gasteiger partial charge in [-0.2, -0.15) is 0 Å². The van der Waals surface area contributed by atoms with Crippen molar-refractivity contribution in [2.75, 3.05) is 32.6 Å². The summed E-state index contributed by atoms with van der Waals surface area (Å²) in [6.07, 6.45) is 0.393. The molecule has 0 spiro atoms. The first-order valence-electron chi connectivity index (χ1n) is 5.06. The third-order valence-corrected chi connectivity index (χ3v) is 3.67. The van der Waals surface area contributed by atoms with E-state index in [0.29, 0.717) is 26.0 Å². The summed E-state index contributed by atoms with van der Waals surface area (Å²) in [4.78, 5) is 12.2. The van der Waals surface area contributed by atoms with Crippen LogP contribution in [-0.2, 0) is 13.9 Å². The monoisotopic (exact) mass is 237 g/mol. The Balaban J connectivity index is 4.08. The van der Waals surface area contributed by atoms with Crippen molar-refractivity contribution in [1.82, 2.24) is 4.90 Å². The van der Waals surface area contributed by atoms with Crippen molar-refractivity contribution in [2.24, 2.45) is 0 Å². The Morgan fingerprint density at radius 1 is 1.47 bits per heavy atom. The summed E-state index contributed by atoms with van der Waals surface area (Å²) in [7, 11) is -2.59. The van der Waals surface area contributed by atoms with Crippen molar-refractivity contribution in [1.29, 1.82) is 0 Å². The quantitative estimate of drug-likeness (QED) is 0.650. The third-order valence-electron chi connectivity index (χ3n) is 1.95. The van der Waals surface area contributed by atoms with E-state index < -0.39 is 13.3 Å². The van der Waals surface area contributed by atoms with Crippen molar-refractivity contribution in [3.63, 3.8) is 0 Å². The molecule has 0 aliphatic rings. The Morgan fingerprint density at radius 2 is 2.07 bits per heavy atom. The van der Waals surface area contributed by atoms with Crippen LogP contribution in [0.5, 0.6) is 0 Å². The topological polar surface area (TPSA) is 66.8 Å². The van der Waals surface area contributed by atoms with E-state index in [2.05, 4.69) is 0 Å². The normalized spacial score (nSPS) is 15.2. The van der Waals surface area contributed by atoms with Gasteiger partial charge in [0.1, 0.15) is 0 Å². The lowest BCUT2D eigenvalue weighted by Gasteiger charge is -2.23. The molecular formula is C9H20NO4P. The van der Waals surface area contributed by atoms with Crippen molar-refractivity contribution < 1.29 is 19.0 Å². The smallest absolute Gasteiger partial charge is 0.304 e. The van der Waals surface area contributed by atoms with Crippen LogP contribution in [0.15, 0.2) is 0 Å². The van der Waals surface area contributed by atoms with Crippen LogP contribution in [0.4, 0.5) is 0 Å². The minimum Gasteiger partial charge on any atom is -0.481 e. The van der Waals surface area contributed by atoms with Gasteiger partial charge in [-0.1, -0.05) is 6.92 Å². The fourth-order valence-electron chi connectivity index (χ4n) is 1.26. The van der Waals surface area contributed by atoms with E-state index >= 15 is 0 Å². The van der Waals surface area contributed by atoms with E-state index in [1.165, 1.54) is 0 Å². The van der Waals surface area contributed by atoms with Gasteiger partial charge in [0.15, 0.2) is 0 Å². The lowest BCUT2D eigenvalue weighted by Crippen LogP contribution is -2.27. The molecule has 1 atom stereocenters. The van der Waals surface area contributed by atoms with E-state index in [-0.39, 0.29) is 6.42 Å². The van der Waals surface area contributed by atoms with Crippen LogP contribution in [-0.4, -0.2) is 48.6 Å². The predicted molar refractivity (Wildman–Crippen MR) is 59.5 cm³/mol. The van der Waals surface area contributed by atoms with Crippen molar-refractivity contribution in [3.05, 3.63) is 0 Å². The summed E-state index contributed by atoms with van der Waals surface area (Å²) in [6.45, 7) is 6.80. The van der Waals surface area contributed by atoms with Crippen molar-refractivity contribution in [3.8, 4) is 0 Å². The van der Waals surface area contributed by atoms with Crippen molar-refractivity contribution >= 4 is 13.3 Å². The van der Waals surface area contributed by atoms with E-state index in [9.17, 15) is 9.36 Å². The summed E-state index contributed by atoms with van der Waals surface area (Å²) in [6, 6.07) is 0. The molecule has 0 amide bonds. The third kappa shape index (κ3) is 7.54. The van der Waals surface area contributed by atoms with E-state index in [4.69, 9.17) is 9.63 Å². The Bertz CT molecular complexity index is 244. The molecule has 5 nitrogen and oxygen atoms in total. The number of aliphatic carboxylic acids is 1. The molecule has 0 aromatic heterocycles. The molecule has 6 heteroatoms. The molecule has 0 aliphatic carbocycles. The van der Waals surface area contributed by atoms with E-state index in [0.717, 1.165) is 0 Å². The summed E-state index contributed by atoms with van der Waals surface area (Å²) in [5, 5.41) is 8.53. The highest BCUT2D eigenvalue weighted by atomic mass is 31.2. The van der Waals surface area contributed by atoms with Crippen LogP contribution in [0.3, 0.4) is 0 Å². The molecule has 0 radical (unpaired) electrons. The van der Waals surface area contributed by atoms with Gasteiger partial charge in [-0.3, -0.25) is 14.3 Å². The van der Waals surface area contributed by atoms with Gasteiger partial charge in [-0.05, 0) is 13.5 Å². The van der Waals surface area contributed by atoms with Gasteiger partial charge in [-0.25, -0.2) is 0 Å². The van der Waals surface area contributed by atoms with Crippen LogP contribution in [0.25, 0.3) is 0 Å². The predicted octanol–water partition coefficient (Wildman–Crippen LogP) is 1.68.